The van der Waals surface area contributed by atoms with Gasteiger partial charge in [-0.05, 0) is 16.8 Å². The van der Waals surface area contributed by atoms with E-state index in [9.17, 15) is 5.11 Å². The van der Waals surface area contributed by atoms with E-state index in [1.807, 2.05) is 36.4 Å². The van der Waals surface area contributed by atoms with Crippen LogP contribution in [0.2, 0.25) is 0 Å². The van der Waals surface area contributed by atoms with E-state index in [4.69, 9.17) is 0 Å². The SMILES string of the molecule is [CH2-][n+]1c2ccccc2cc2cccc([O-])c21.[Cs+]. The molecule has 3 aromatic rings. The molecular weight excluding hydrogens is 331 g/mol. The molecular formula is C14H10CsNO. The van der Waals surface area contributed by atoms with E-state index in [0.29, 0.717) is 5.52 Å². The Bertz CT molecular complexity index is 694. The van der Waals surface area contributed by atoms with E-state index in [2.05, 4.69) is 7.05 Å². The number of hydrogen-bond acceptors (Lipinski definition) is 1. The van der Waals surface area contributed by atoms with E-state index in [-0.39, 0.29) is 74.6 Å². The van der Waals surface area contributed by atoms with Gasteiger partial charge in [-0.25, -0.2) is 0 Å². The van der Waals surface area contributed by atoms with Crippen LogP contribution in [0.1, 0.15) is 0 Å². The van der Waals surface area contributed by atoms with Crippen molar-refractivity contribution < 1.29 is 78.6 Å². The van der Waals surface area contributed by atoms with Crippen molar-refractivity contribution in [3.8, 4) is 5.75 Å². The average molecular weight is 341 g/mol. The monoisotopic (exact) mass is 341 g/mol. The van der Waals surface area contributed by atoms with E-state index < -0.39 is 0 Å². The summed E-state index contributed by atoms with van der Waals surface area (Å²) in [5.41, 5.74) is 1.62. The first-order chi connectivity index (χ1) is 7.77. The molecule has 78 valence electrons. The van der Waals surface area contributed by atoms with Crippen LogP contribution in [0.4, 0.5) is 0 Å². The van der Waals surface area contributed by atoms with Crippen molar-refractivity contribution in [2.45, 2.75) is 0 Å². The Kier molecular flexibility index (Phi) is 4.07. The molecule has 2 nitrogen and oxygen atoms in total. The zero-order valence-corrected chi connectivity index (χ0v) is 16.0. The van der Waals surface area contributed by atoms with Crippen LogP contribution in [0.5, 0.6) is 5.75 Å². The Morgan fingerprint density at radius 1 is 0.941 bits per heavy atom. The predicted molar refractivity (Wildman–Crippen MR) is 61.9 cm³/mol. The third-order valence-electron chi connectivity index (χ3n) is 2.84. The van der Waals surface area contributed by atoms with Crippen molar-refractivity contribution in [3.63, 3.8) is 0 Å². The second-order valence-corrected chi connectivity index (χ2v) is 3.83. The number of benzene rings is 2. The number of fused-ring (bicyclic) bond motifs is 2. The molecule has 0 fully saturated rings. The third-order valence-corrected chi connectivity index (χ3v) is 2.84. The zero-order chi connectivity index (χ0) is 11.1. The minimum absolute atomic E-state index is 0. The molecule has 0 spiro atoms. The van der Waals surface area contributed by atoms with Crippen molar-refractivity contribution in [1.29, 1.82) is 0 Å². The summed E-state index contributed by atoms with van der Waals surface area (Å²) in [5.74, 6) is 0.0123. The summed E-state index contributed by atoms with van der Waals surface area (Å²) >= 11 is 0. The van der Waals surface area contributed by atoms with Crippen LogP contribution >= 0.6 is 0 Å². The Morgan fingerprint density at radius 3 is 2.47 bits per heavy atom. The minimum atomic E-state index is 0. The summed E-state index contributed by atoms with van der Waals surface area (Å²) in [6.07, 6.45) is 0. The number of para-hydroxylation sites is 2. The number of pyridine rings is 1. The van der Waals surface area contributed by atoms with Crippen LogP contribution in [0.3, 0.4) is 0 Å². The molecule has 2 aromatic carbocycles. The largest absolute Gasteiger partial charge is 1.00 e. The van der Waals surface area contributed by atoms with E-state index in [1.54, 1.807) is 16.7 Å². The molecule has 0 bridgehead atoms. The normalized spacial score (nSPS) is 10.4. The Labute approximate surface area is 159 Å². The molecule has 0 N–H and O–H groups in total. The first-order valence-electron chi connectivity index (χ1n) is 5.12. The van der Waals surface area contributed by atoms with Gasteiger partial charge in [0, 0.05) is 7.05 Å². The minimum Gasteiger partial charge on any atom is -0.877 e. The molecule has 0 unspecified atom stereocenters. The van der Waals surface area contributed by atoms with Crippen molar-refractivity contribution in [1.82, 2.24) is 0 Å². The second-order valence-electron chi connectivity index (χ2n) is 3.83. The van der Waals surface area contributed by atoms with Crippen LogP contribution in [-0.2, 0) is 0 Å². The van der Waals surface area contributed by atoms with Gasteiger partial charge in [-0.2, -0.15) is 0 Å². The van der Waals surface area contributed by atoms with E-state index in [1.165, 1.54) is 0 Å². The van der Waals surface area contributed by atoms with Crippen molar-refractivity contribution in [3.05, 3.63) is 55.6 Å². The topological polar surface area (TPSA) is 26.9 Å². The molecule has 0 aliphatic heterocycles. The number of aromatic nitrogens is 1. The molecule has 1 heterocycles. The third kappa shape index (κ3) is 2.23. The molecule has 0 atom stereocenters. The van der Waals surface area contributed by atoms with Gasteiger partial charge in [0.25, 0.3) is 0 Å². The smallest absolute Gasteiger partial charge is 0.877 e. The van der Waals surface area contributed by atoms with E-state index in [0.717, 1.165) is 16.3 Å². The van der Waals surface area contributed by atoms with Crippen LogP contribution < -0.4 is 78.6 Å². The molecule has 0 amide bonds. The molecule has 0 saturated carbocycles. The van der Waals surface area contributed by atoms with Crippen molar-refractivity contribution >= 4 is 21.8 Å². The van der Waals surface area contributed by atoms with E-state index >= 15 is 0 Å². The Balaban J connectivity index is 0.00000108. The molecule has 1 aromatic heterocycles. The molecule has 0 aliphatic carbocycles. The van der Waals surface area contributed by atoms with Gasteiger partial charge in [-0.15, -0.1) is 0 Å². The van der Waals surface area contributed by atoms with Gasteiger partial charge in [0.1, 0.15) is 11.0 Å². The van der Waals surface area contributed by atoms with Crippen LogP contribution in [-0.4, -0.2) is 0 Å². The number of rotatable bonds is 0. The average Bonchev–Trinajstić information content (AvgIpc) is 2.29. The van der Waals surface area contributed by atoms with Gasteiger partial charge in [0.2, 0.25) is 0 Å². The maximum atomic E-state index is 11.8. The van der Waals surface area contributed by atoms with Gasteiger partial charge >= 0.3 is 68.9 Å². The summed E-state index contributed by atoms with van der Waals surface area (Å²) in [4.78, 5) is 0. The molecule has 3 rings (SSSR count). The number of nitrogens with zero attached hydrogens (tertiary/aromatic N) is 1. The molecule has 17 heavy (non-hydrogen) atoms. The summed E-state index contributed by atoms with van der Waals surface area (Å²) in [7, 11) is 3.95. The zero-order valence-electron chi connectivity index (χ0n) is 9.68. The Hall–Kier alpha value is -0.168. The summed E-state index contributed by atoms with van der Waals surface area (Å²) in [6.45, 7) is 0. The van der Waals surface area contributed by atoms with Gasteiger partial charge in [0.15, 0.2) is 0 Å². The number of hydrogen-bond donors (Lipinski definition) is 0. The first-order valence-corrected chi connectivity index (χ1v) is 5.12. The molecule has 0 saturated heterocycles. The predicted octanol–water partition coefficient (Wildman–Crippen LogP) is -1.00. The van der Waals surface area contributed by atoms with Crippen LogP contribution in [0.25, 0.3) is 21.8 Å². The first kappa shape index (κ1) is 13.3. The fourth-order valence-corrected chi connectivity index (χ4v) is 2.09. The molecule has 0 aliphatic rings. The molecule has 3 heteroatoms. The van der Waals surface area contributed by atoms with Crippen LogP contribution in [0.15, 0.2) is 48.5 Å². The van der Waals surface area contributed by atoms with Gasteiger partial charge in [0.05, 0.1) is 0 Å². The molecule has 0 radical (unpaired) electrons. The fraction of sp³-hybridized carbons (Fsp3) is 0. The fourth-order valence-electron chi connectivity index (χ4n) is 2.09. The maximum absolute atomic E-state index is 11.8. The van der Waals surface area contributed by atoms with Crippen molar-refractivity contribution in [2.24, 2.45) is 0 Å². The summed E-state index contributed by atoms with van der Waals surface area (Å²) in [6, 6.07) is 15.2. The summed E-state index contributed by atoms with van der Waals surface area (Å²) in [5, 5.41) is 13.8. The van der Waals surface area contributed by atoms with Crippen LogP contribution in [0, 0.1) is 7.05 Å². The van der Waals surface area contributed by atoms with Gasteiger partial charge in [-0.1, -0.05) is 48.2 Å². The standard InChI is InChI=1S/C14H11NO.Cs/c1-15-12-7-3-2-5-10(12)9-11-6-4-8-13(16)14(11)15;/h2-9,16H,1H2;/q;+1/p-1. The summed E-state index contributed by atoms with van der Waals surface area (Å²) < 4.78 is 1.72. The second kappa shape index (κ2) is 5.22. The van der Waals surface area contributed by atoms with Gasteiger partial charge < -0.3 is 9.67 Å². The Morgan fingerprint density at radius 2 is 1.65 bits per heavy atom. The maximum Gasteiger partial charge on any atom is 1.00 e. The van der Waals surface area contributed by atoms with Crippen molar-refractivity contribution in [2.75, 3.05) is 0 Å². The van der Waals surface area contributed by atoms with Gasteiger partial charge in [-0.3, -0.25) is 0 Å². The quantitative estimate of drug-likeness (QED) is 0.293.